The standard InChI is InChI=1S/C23H31N3O6/c1-7-16(21(28)30-6)24-19(27)18-14(2)31-20(26-18)17(13-15-11-9-8-10-12-15)25-22(29)32-23(3,4)5/h7-12,14,17-18H,13H2,1-6H3,(H,24,27)(H,25,29)/b16-7-/t14-,17+,18+/m1/s1. The molecule has 174 valence electrons. The number of hydrogen-bond donors (Lipinski definition) is 2. The monoisotopic (exact) mass is 445 g/mol. The number of carbonyl (C=O) groups is 3. The van der Waals surface area contributed by atoms with Gasteiger partial charge in [-0.2, -0.15) is 0 Å². The molecule has 9 heteroatoms. The SMILES string of the molecule is C/C=C(\NC(=O)[C@H]1N=C([C@H](Cc2ccccc2)NC(=O)OC(C)(C)C)O[C@@H]1C)C(=O)OC. The molecule has 2 N–H and O–H groups in total. The fourth-order valence-corrected chi connectivity index (χ4v) is 3.03. The van der Waals surface area contributed by atoms with Gasteiger partial charge in [-0.15, -0.1) is 0 Å². The average Bonchev–Trinajstić information content (AvgIpc) is 3.12. The van der Waals surface area contributed by atoms with Crippen molar-refractivity contribution in [3.05, 3.63) is 47.7 Å². The highest BCUT2D eigenvalue weighted by Gasteiger charge is 2.38. The second-order valence-electron chi connectivity index (χ2n) is 8.31. The summed E-state index contributed by atoms with van der Waals surface area (Å²) in [6, 6.07) is 7.97. The van der Waals surface area contributed by atoms with Crippen LogP contribution in [0.3, 0.4) is 0 Å². The fraction of sp³-hybridized carbons (Fsp3) is 0.478. The van der Waals surface area contributed by atoms with Gasteiger partial charge in [0.15, 0.2) is 6.04 Å². The van der Waals surface area contributed by atoms with E-state index in [0.717, 1.165) is 5.56 Å². The quantitative estimate of drug-likeness (QED) is 0.492. The summed E-state index contributed by atoms with van der Waals surface area (Å²) in [5, 5.41) is 5.31. The van der Waals surface area contributed by atoms with Crippen LogP contribution in [-0.4, -0.2) is 54.8 Å². The number of hydrogen-bond acceptors (Lipinski definition) is 7. The maximum Gasteiger partial charge on any atom is 0.408 e. The lowest BCUT2D eigenvalue weighted by atomic mass is 10.1. The second kappa shape index (κ2) is 10.8. The molecule has 0 saturated heterocycles. The fourth-order valence-electron chi connectivity index (χ4n) is 3.03. The summed E-state index contributed by atoms with van der Waals surface area (Å²) >= 11 is 0. The predicted molar refractivity (Wildman–Crippen MR) is 119 cm³/mol. The third kappa shape index (κ3) is 7.11. The second-order valence-corrected chi connectivity index (χ2v) is 8.31. The zero-order chi connectivity index (χ0) is 23.9. The van der Waals surface area contributed by atoms with E-state index in [-0.39, 0.29) is 11.6 Å². The zero-order valence-electron chi connectivity index (χ0n) is 19.3. The van der Waals surface area contributed by atoms with Gasteiger partial charge in [0, 0.05) is 6.42 Å². The van der Waals surface area contributed by atoms with Gasteiger partial charge in [-0.3, -0.25) is 4.79 Å². The summed E-state index contributed by atoms with van der Waals surface area (Å²) < 4.78 is 15.9. The van der Waals surface area contributed by atoms with E-state index in [1.807, 2.05) is 30.3 Å². The highest BCUT2D eigenvalue weighted by Crippen LogP contribution is 2.19. The molecule has 1 aromatic carbocycles. The summed E-state index contributed by atoms with van der Waals surface area (Å²) in [5.41, 5.74) is 0.287. The minimum absolute atomic E-state index is 0.0149. The average molecular weight is 446 g/mol. The number of rotatable bonds is 7. The number of allylic oxidation sites excluding steroid dienone is 1. The van der Waals surface area contributed by atoms with Crippen LogP contribution in [0.2, 0.25) is 0 Å². The zero-order valence-corrected chi connectivity index (χ0v) is 19.3. The van der Waals surface area contributed by atoms with Crippen molar-refractivity contribution in [3.63, 3.8) is 0 Å². The van der Waals surface area contributed by atoms with E-state index in [1.54, 1.807) is 34.6 Å². The molecule has 0 aromatic heterocycles. The van der Waals surface area contributed by atoms with Crippen LogP contribution in [0.4, 0.5) is 4.79 Å². The van der Waals surface area contributed by atoms with Crippen LogP contribution in [0.5, 0.6) is 0 Å². The first kappa shape index (κ1) is 24.9. The summed E-state index contributed by atoms with van der Waals surface area (Å²) in [4.78, 5) is 41.3. The Balaban J connectivity index is 2.23. The van der Waals surface area contributed by atoms with Crippen molar-refractivity contribution in [2.45, 2.75) is 64.8 Å². The molecule has 0 fully saturated rings. The van der Waals surface area contributed by atoms with Crippen LogP contribution < -0.4 is 10.6 Å². The van der Waals surface area contributed by atoms with Crippen LogP contribution >= 0.6 is 0 Å². The maximum atomic E-state index is 12.7. The van der Waals surface area contributed by atoms with Crippen molar-refractivity contribution < 1.29 is 28.6 Å². The van der Waals surface area contributed by atoms with Gasteiger partial charge in [0.2, 0.25) is 5.90 Å². The van der Waals surface area contributed by atoms with Crippen molar-refractivity contribution in [2.24, 2.45) is 4.99 Å². The number of amides is 2. The molecule has 32 heavy (non-hydrogen) atoms. The molecule has 0 spiro atoms. The summed E-state index contributed by atoms with van der Waals surface area (Å²) in [6.45, 7) is 8.61. The minimum Gasteiger partial charge on any atom is -0.474 e. The summed E-state index contributed by atoms with van der Waals surface area (Å²) in [5.74, 6) is -0.959. The van der Waals surface area contributed by atoms with E-state index >= 15 is 0 Å². The molecule has 1 aliphatic rings. The summed E-state index contributed by atoms with van der Waals surface area (Å²) in [7, 11) is 1.23. The molecule has 2 amide bonds. The molecule has 3 atom stereocenters. The Bertz CT molecular complexity index is 889. The number of nitrogens with one attached hydrogen (secondary N) is 2. The van der Waals surface area contributed by atoms with E-state index in [9.17, 15) is 14.4 Å². The van der Waals surface area contributed by atoms with Crippen molar-refractivity contribution in [1.82, 2.24) is 10.6 Å². The van der Waals surface area contributed by atoms with Gasteiger partial charge in [0.25, 0.3) is 5.91 Å². The number of nitrogens with zero attached hydrogens (tertiary/aromatic N) is 1. The predicted octanol–water partition coefficient (Wildman–Crippen LogP) is 2.50. The number of esters is 1. The molecule has 0 aliphatic carbocycles. The Kier molecular flexibility index (Phi) is 8.40. The van der Waals surface area contributed by atoms with Crippen molar-refractivity contribution in [2.75, 3.05) is 7.11 Å². The van der Waals surface area contributed by atoms with Gasteiger partial charge < -0.3 is 24.8 Å². The minimum atomic E-state index is -0.900. The first-order valence-electron chi connectivity index (χ1n) is 10.4. The first-order chi connectivity index (χ1) is 15.0. The van der Waals surface area contributed by atoms with E-state index in [2.05, 4.69) is 20.4 Å². The summed E-state index contributed by atoms with van der Waals surface area (Å²) in [6.07, 6.45) is 0.617. The number of alkyl carbamates (subject to hydrolysis) is 1. The lowest BCUT2D eigenvalue weighted by Gasteiger charge is -2.24. The van der Waals surface area contributed by atoms with Crippen molar-refractivity contribution in [1.29, 1.82) is 0 Å². The van der Waals surface area contributed by atoms with Gasteiger partial charge >= 0.3 is 12.1 Å². The van der Waals surface area contributed by atoms with Crippen LogP contribution in [0.1, 0.15) is 40.2 Å². The normalized spacial score (nSPS) is 19.3. The van der Waals surface area contributed by atoms with Gasteiger partial charge in [-0.05, 0) is 40.2 Å². The third-order valence-corrected chi connectivity index (χ3v) is 4.51. The van der Waals surface area contributed by atoms with Gasteiger partial charge in [0.1, 0.15) is 23.4 Å². The van der Waals surface area contributed by atoms with Crippen LogP contribution in [0, 0.1) is 0 Å². The van der Waals surface area contributed by atoms with E-state index in [4.69, 9.17) is 9.47 Å². The van der Waals surface area contributed by atoms with Crippen molar-refractivity contribution in [3.8, 4) is 0 Å². The van der Waals surface area contributed by atoms with E-state index < -0.39 is 41.8 Å². The Hall–Kier alpha value is -3.36. The Morgan fingerprint density at radius 2 is 1.88 bits per heavy atom. The van der Waals surface area contributed by atoms with Crippen LogP contribution in [0.15, 0.2) is 47.1 Å². The molecule has 1 aromatic rings. The molecule has 0 radical (unpaired) electrons. The molecule has 1 heterocycles. The number of ether oxygens (including phenoxy) is 3. The molecular weight excluding hydrogens is 414 g/mol. The third-order valence-electron chi connectivity index (χ3n) is 4.51. The maximum absolute atomic E-state index is 12.7. The topological polar surface area (TPSA) is 115 Å². The molecule has 0 unspecified atom stereocenters. The number of aliphatic imine (C=N–C) groups is 1. The molecule has 2 rings (SSSR count). The van der Waals surface area contributed by atoms with E-state index in [1.165, 1.54) is 13.2 Å². The lowest BCUT2D eigenvalue weighted by molar-refractivity contribution is -0.138. The number of carbonyl (C=O) groups excluding carboxylic acids is 3. The highest BCUT2D eigenvalue weighted by atomic mass is 16.6. The van der Waals surface area contributed by atoms with Crippen molar-refractivity contribution >= 4 is 23.9 Å². The van der Waals surface area contributed by atoms with Gasteiger partial charge in [-0.1, -0.05) is 36.4 Å². The largest absolute Gasteiger partial charge is 0.474 e. The molecule has 9 nitrogen and oxygen atoms in total. The van der Waals surface area contributed by atoms with Gasteiger partial charge in [-0.25, -0.2) is 14.6 Å². The highest BCUT2D eigenvalue weighted by molar-refractivity contribution is 5.98. The molecule has 1 aliphatic heterocycles. The number of methoxy groups -OCH3 is 1. The smallest absolute Gasteiger partial charge is 0.408 e. The number of benzene rings is 1. The van der Waals surface area contributed by atoms with Crippen LogP contribution in [-0.2, 0) is 30.2 Å². The van der Waals surface area contributed by atoms with Gasteiger partial charge in [0.05, 0.1) is 7.11 Å². The molecule has 0 saturated carbocycles. The lowest BCUT2D eigenvalue weighted by Crippen LogP contribution is -2.45. The molecule has 0 bridgehead atoms. The van der Waals surface area contributed by atoms with Crippen LogP contribution in [0.25, 0.3) is 0 Å². The first-order valence-corrected chi connectivity index (χ1v) is 10.4. The molecular formula is C23H31N3O6. The Morgan fingerprint density at radius 1 is 1.22 bits per heavy atom. The van der Waals surface area contributed by atoms with E-state index in [0.29, 0.717) is 6.42 Å². The Labute approximate surface area is 188 Å². The Morgan fingerprint density at radius 3 is 2.44 bits per heavy atom.